The number of carbonyl (C=O) groups is 2. The first-order chi connectivity index (χ1) is 15.6. The number of hydrogen-bond acceptors (Lipinski definition) is 5. The lowest BCUT2D eigenvalue weighted by Gasteiger charge is -2.47. The number of nitrogens with zero attached hydrogens (tertiary/aromatic N) is 1. The van der Waals surface area contributed by atoms with Crippen LogP contribution in [-0.2, 0) is 4.89 Å². The van der Waals surface area contributed by atoms with E-state index >= 15 is 0 Å². The first-order valence-electron chi connectivity index (χ1n) is 11.2. The van der Waals surface area contributed by atoms with E-state index in [0.717, 1.165) is 18.4 Å². The third-order valence-corrected chi connectivity index (χ3v) is 5.95. The van der Waals surface area contributed by atoms with Crippen molar-refractivity contribution in [1.29, 1.82) is 0 Å². The smallest absolute Gasteiger partial charge is 0.410 e. The summed E-state index contributed by atoms with van der Waals surface area (Å²) >= 11 is 0. The summed E-state index contributed by atoms with van der Waals surface area (Å²) in [7, 11) is 1.74. The fourth-order valence-corrected chi connectivity index (χ4v) is 5.08. The van der Waals surface area contributed by atoms with Crippen LogP contribution in [0.1, 0.15) is 45.6 Å². The van der Waals surface area contributed by atoms with Crippen LogP contribution in [0.5, 0.6) is 11.5 Å². The molecule has 0 heterocycles. The van der Waals surface area contributed by atoms with E-state index in [1.54, 1.807) is 30.1 Å². The number of carbonyl (C=O) groups excluding carboxylic acids is 2. The molecule has 178 valence electrons. The Labute approximate surface area is 195 Å². The second kappa shape index (κ2) is 10.1. The first-order valence-corrected chi connectivity index (χ1v) is 11.2. The highest BCUT2D eigenvalue weighted by Crippen LogP contribution is 2.46. The molecule has 3 rings (SSSR count). The first kappa shape index (κ1) is 24.4. The molecule has 1 aliphatic carbocycles. The molecule has 1 aliphatic rings. The average molecular weight is 455 g/mol. The van der Waals surface area contributed by atoms with E-state index in [0.29, 0.717) is 24.5 Å². The van der Waals surface area contributed by atoms with Crippen molar-refractivity contribution in [2.24, 2.45) is 10.8 Å². The third-order valence-electron chi connectivity index (χ3n) is 5.95. The molecule has 0 saturated heterocycles. The molecule has 2 unspecified atom stereocenters. The van der Waals surface area contributed by atoms with Gasteiger partial charge in [0.15, 0.2) is 5.75 Å². The van der Waals surface area contributed by atoms with Gasteiger partial charge in [-0.1, -0.05) is 57.2 Å². The standard InChI is InChI=1S/C26H34N2O5/c1-19-11-9-10-14-22(19)32-33-23(29)27-20-15-25(2,3)17-26(4,16-20)18-28(5)24(30)31-21-12-7-6-8-13-21/h6-14,20H,15-18H2,1-5H3,(H,27,29). The minimum atomic E-state index is -0.625. The van der Waals surface area contributed by atoms with Crippen molar-refractivity contribution in [3.05, 3.63) is 60.2 Å². The molecule has 0 spiro atoms. The van der Waals surface area contributed by atoms with Gasteiger partial charge < -0.3 is 15.0 Å². The van der Waals surface area contributed by atoms with Gasteiger partial charge in [0, 0.05) is 19.6 Å². The number of para-hydroxylation sites is 2. The van der Waals surface area contributed by atoms with Gasteiger partial charge in [-0.15, -0.1) is 0 Å². The van der Waals surface area contributed by atoms with E-state index < -0.39 is 12.2 Å². The molecule has 0 radical (unpaired) electrons. The lowest BCUT2D eigenvalue weighted by molar-refractivity contribution is -0.144. The van der Waals surface area contributed by atoms with Crippen LogP contribution in [0.4, 0.5) is 9.59 Å². The van der Waals surface area contributed by atoms with Gasteiger partial charge in [-0.2, -0.15) is 0 Å². The second-order valence-electron chi connectivity index (χ2n) is 10.2. The molecule has 1 saturated carbocycles. The van der Waals surface area contributed by atoms with Gasteiger partial charge in [-0.05, 0) is 60.8 Å². The van der Waals surface area contributed by atoms with E-state index in [1.807, 2.05) is 43.3 Å². The molecular weight excluding hydrogens is 420 g/mol. The Morgan fingerprint density at radius 2 is 1.70 bits per heavy atom. The topological polar surface area (TPSA) is 77.1 Å². The summed E-state index contributed by atoms with van der Waals surface area (Å²) in [6.45, 7) is 8.89. The summed E-state index contributed by atoms with van der Waals surface area (Å²) in [6.07, 6.45) is 1.40. The number of amides is 2. The summed E-state index contributed by atoms with van der Waals surface area (Å²) in [6, 6.07) is 16.2. The van der Waals surface area contributed by atoms with Crippen LogP contribution in [0.3, 0.4) is 0 Å². The van der Waals surface area contributed by atoms with Crippen LogP contribution in [0.15, 0.2) is 54.6 Å². The second-order valence-corrected chi connectivity index (χ2v) is 10.2. The number of aryl methyl sites for hydroxylation is 1. The normalized spacial score (nSPS) is 21.5. The predicted octanol–water partition coefficient (Wildman–Crippen LogP) is 5.73. The van der Waals surface area contributed by atoms with Crippen molar-refractivity contribution in [2.75, 3.05) is 13.6 Å². The molecule has 2 atom stereocenters. The molecule has 2 aromatic rings. The van der Waals surface area contributed by atoms with Crippen LogP contribution in [0.25, 0.3) is 0 Å². The molecule has 0 aliphatic heterocycles. The van der Waals surface area contributed by atoms with Gasteiger partial charge in [0.1, 0.15) is 5.75 Å². The van der Waals surface area contributed by atoms with Crippen molar-refractivity contribution >= 4 is 12.2 Å². The molecule has 1 N–H and O–H groups in total. The van der Waals surface area contributed by atoms with Crippen LogP contribution < -0.4 is 14.9 Å². The fraction of sp³-hybridized carbons (Fsp3) is 0.462. The Morgan fingerprint density at radius 3 is 2.39 bits per heavy atom. The zero-order chi connectivity index (χ0) is 24.1. The molecule has 1 fully saturated rings. The van der Waals surface area contributed by atoms with Crippen LogP contribution in [0.2, 0.25) is 0 Å². The van der Waals surface area contributed by atoms with Crippen LogP contribution >= 0.6 is 0 Å². The molecule has 7 heteroatoms. The Balaban J connectivity index is 1.58. The summed E-state index contributed by atoms with van der Waals surface area (Å²) in [5, 5.41) is 2.94. The van der Waals surface area contributed by atoms with Crippen LogP contribution in [-0.4, -0.2) is 36.7 Å². The van der Waals surface area contributed by atoms with Gasteiger partial charge in [0.2, 0.25) is 0 Å². The molecule has 0 aromatic heterocycles. The zero-order valence-electron chi connectivity index (χ0n) is 20.1. The molecule has 7 nitrogen and oxygen atoms in total. The minimum Gasteiger partial charge on any atom is -0.410 e. The van der Waals surface area contributed by atoms with Gasteiger partial charge in [-0.3, -0.25) is 4.89 Å². The predicted molar refractivity (Wildman–Crippen MR) is 126 cm³/mol. The van der Waals surface area contributed by atoms with Gasteiger partial charge >= 0.3 is 12.2 Å². The van der Waals surface area contributed by atoms with E-state index in [2.05, 4.69) is 26.1 Å². The summed E-state index contributed by atoms with van der Waals surface area (Å²) in [5.41, 5.74) is 0.648. The van der Waals surface area contributed by atoms with Gasteiger partial charge in [-0.25, -0.2) is 14.5 Å². The largest absolute Gasteiger partial charge is 0.450 e. The van der Waals surface area contributed by atoms with E-state index in [1.165, 1.54) is 0 Å². The maximum absolute atomic E-state index is 12.6. The highest BCUT2D eigenvalue weighted by molar-refractivity contribution is 5.70. The maximum Gasteiger partial charge on any atom is 0.450 e. The van der Waals surface area contributed by atoms with E-state index in [4.69, 9.17) is 14.5 Å². The molecular formula is C26H34N2O5. The fourth-order valence-electron chi connectivity index (χ4n) is 5.08. The van der Waals surface area contributed by atoms with Crippen molar-refractivity contribution in [1.82, 2.24) is 10.2 Å². The van der Waals surface area contributed by atoms with Crippen LogP contribution in [0, 0.1) is 17.8 Å². The van der Waals surface area contributed by atoms with Crippen molar-refractivity contribution in [3.8, 4) is 11.5 Å². The SMILES string of the molecule is Cc1ccccc1OOC(=O)NC1CC(C)(C)CC(C)(CN(C)C(=O)Oc2ccccc2)C1. The summed E-state index contributed by atoms with van der Waals surface area (Å²) < 4.78 is 5.47. The summed E-state index contributed by atoms with van der Waals surface area (Å²) in [4.78, 5) is 36.8. The highest BCUT2D eigenvalue weighted by atomic mass is 17.2. The van der Waals surface area contributed by atoms with Crippen molar-refractivity contribution in [3.63, 3.8) is 0 Å². The van der Waals surface area contributed by atoms with Gasteiger partial charge in [0.05, 0.1) is 0 Å². The maximum atomic E-state index is 12.6. The van der Waals surface area contributed by atoms with Crippen molar-refractivity contribution < 1.29 is 24.1 Å². The quantitative estimate of drug-likeness (QED) is 0.445. The minimum absolute atomic E-state index is 0.0218. The average Bonchev–Trinajstić information content (AvgIpc) is 2.72. The Hall–Kier alpha value is -3.22. The zero-order valence-corrected chi connectivity index (χ0v) is 20.1. The Bertz CT molecular complexity index is 962. The number of nitrogens with one attached hydrogen (secondary N) is 1. The monoisotopic (exact) mass is 454 g/mol. The van der Waals surface area contributed by atoms with E-state index in [9.17, 15) is 9.59 Å². The lowest BCUT2D eigenvalue weighted by atomic mass is 9.62. The number of rotatable bonds is 6. The molecule has 2 amide bonds. The summed E-state index contributed by atoms with van der Waals surface area (Å²) in [5.74, 6) is 1.01. The van der Waals surface area contributed by atoms with Gasteiger partial charge in [0.25, 0.3) is 0 Å². The Morgan fingerprint density at radius 1 is 1.03 bits per heavy atom. The molecule has 2 aromatic carbocycles. The van der Waals surface area contributed by atoms with Crippen molar-refractivity contribution in [2.45, 2.75) is 53.0 Å². The number of benzene rings is 2. The Kier molecular flexibility index (Phi) is 7.51. The molecule has 0 bridgehead atoms. The third kappa shape index (κ3) is 7.14. The molecule has 33 heavy (non-hydrogen) atoms. The van der Waals surface area contributed by atoms with E-state index in [-0.39, 0.29) is 16.9 Å². The number of hydrogen-bond donors (Lipinski definition) is 1. The number of ether oxygens (including phenoxy) is 1. The highest BCUT2D eigenvalue weighted by Gasteiger charge is 2.43. The lowest BCUT2D eigenvalue weighted by Crippen LogP contribution is -2.51.